The summed E-state index contributed by atoms with van der Waals surface area (Å²) in [7, 11) is -1.33. The molecule has 2 aromatic rings. The third-order valence-electron chi connectivity index (χ3n) is 6.87. The van der Waals surface area contributed by atoms with Crippen molar-refractivity contribution in [2.75, 3.05) is 36.4 Å². The van der Waals surface area contributed by atoms with Gasteiger partial charge in [-0.3, -0.25) is 4.68 Å². The second kappa shape index (κ2) is 6.54. The van der Waals surface area contributed by atoms with Gasteiger partial charge in [-0.25, -0.2) is 17.7 Å². The fourth-order valence-electron chi connectivity index (χ4n) is 4.74. The molecule has 4 heterocycles. The van der Waals surface area contributed by atoms with E-state index in [1.165, 1.54) is 0 Å². The number of halogens is 1. The number of nitrogens with one attached hydrogen (secondary N) is 1. The molecule has 162 valence electrons. The molecule has 0 bridgehead atoms. The maximum atomic E-state index is 12.8. The molecule has 1 N–H and O–H groups in total. The zero-order valence-corrected chi connectivity index (χ0v) is 18.9. The quantitative estimate of drug-likeness (QED) is 0.744. The van der Waals surface area contributed by atoms with Crippen LogP contribution in [0.25, 0.3) is 0 Å². The third kappa shape index (κ3) is 3.16. The van der Waals surface area contributed by atoms with Crippen LogP contribution in [0.1, 0.15) is 26.7 Å². The summed E-state index contributed by atoms with van der Waals surface area (Å²) in [4.78, 5) is 11.1. The Kier molecular flexibility index (Phi) is 4.37. The minimum atomic E-state index is -3.17. The molecule has 0 amide bonds. The summed E-state index contributed by atoms with van der Waals surface area (Å²) >= 11 is 6.46. The van der Waals surface area contributed by atoms with E-state index in [-0.39, 0.29) is 16.1 Å². The van der Waals surface area contributed by atoms with Crippen molar-refractivity contribution >= 4 is 39.2 Å². The van der Waals surface area contributed by atoms with Crippen LogP contribution in [-0.2, 0) is 17.1 Å². The highest BCUT2D eigenvalue weighted by Gasteiger charge is 2.61. The van der Waals surface area contributed by atoms with E-state index in [0.717, 1.165) is 12.8 Å². The second-order valence-electron chi connectivity index (χ2n) is 9.35. The summed E-state index contributed by atoms with van der Waals surface area (Å²) in [5.41, 5.74) is -0.338. The van der Waals surface area contributed by atoms with Gasteiger partial charge in [0.1, 0.15) is 5.02 Å². The molecule has 0 unspecified atom stereocenters. The topological polar surface area (TPSA) is 96.2 Å². The fourth-order valence-corrected chi connectivity index (χ4v) is 7.03. The number of aryl methyl sites for hydroxylation is 1. The molecule has 9 nitrogen and oxygen atoms in total. The zero-order valence-electron chi connectivity index (χ0n) is 17.3. The first-order chi connectivity index (χ1) is 14.1. The third-order valence-corrected chi connectivity index (χ3v) is 9.43. The summed E-state index contributed by atoms with van der Waals surface area (Å²) in [5, 5.41) is 7.71. The van der Waals surface area contributed by atoms with Crippen LogP contribution < -0.4 is 10.2 Å². The van der Waals surface area contributed by atoms with Gasteiger partial charge in [0.15, 0.2) is 11.6 Å². The Balaban J connectivity index is 1.38. The van der Waals surface area contributed by atoms with E-state index >= 15 is 0 Å². The van der Waals surface area contributed by atoms with Crippen LogP contribution in [0.15, 0.2) is 18.5 Å². The lowest BCUT2D eigenvalue weighted by molar-refractivity contribution is 0.212. The Hall–Kier alpha value is -1.91. The molecular weight excluding hydrogens is 426 g/mol. The van der Waals surface area contributed by atoms with Crippen molar-refractivity contribution in [1.82, 2.24) is 24.1 Å². The zero-order chi connectivity index (χ0) is 21.3. The lowest BCUT2D eigenvalue weighted by Crippen LogP contribution is -2.37. The molecule has 0 aromatic carbocycles. The van der Waals surface area contributed by atoms with Crippen LogP contribution in [0.5, 0.6) is 0 Å². The van der Waals surface area contributed by atoms with E-state index in [2.05, 4.69) is 39.1 Å². The molecule has 1 saturated carbocycles. The molecule has 3 aliphatic rings. The van der Waals surface area contributed by atoms with Gasteiger partial charge >= 0.3 is 0 Å². The summed E-state index contributed by atoms with van der Waals surface area (Å²) < 4.78 is 29.0. The Morgan fingerprint density at radius 1 is 1.17 bits per heavy atom. The predicted octanol–water partition coefficient (Wildman–Crippen LogP) is 2.25. The lowest BCUT2D eigenvalue weighted by atomic mass is 9.71. The van der Waals surface area contributed by atoms with Gasteiger partial charge in [-0.1, -0.05) is 25.4 Å². The van der Waals surface area contributed by atoms with E-state index in [4.69, 9.17) is 11.6 Å². The van der Waals surface area contributed by atoms with E-state index in [1.807, 2.05) is 19.3 Å². The number of hydrogen-bond donors (Lipinski definition) is 1. The summed E-state index contributed by atoms with van der Waals surface area (Å²) in [5.74, 6) is 1.75. The van der Waals surface area contributed by atoms with Crippen molar-refractivity contribution in [1.29, 1.82) is 0 Å². The normalized spacial score (nSPS) is 29.4. The SMILES string of the molecule is Cn1ccc(Nc2ncc(Cl)c(N3C[C@@]4(C)CN(S(=O)(=O)C5CC5)C[C@@]4(C)C3)n2)n1. The maximum absolute atomic E-state index is 12.8. The molecule has 1 aliphatic carbocycles. The number of fused-ring (bicyclic) bond motifs is 1. The first kappa shape index (κ1) is 20.0. The molecule has 11 heteroatoms. The number of hydrogen-bond acceptors (Lipinski definition) is 7. The van der Waals surface area contributed by atoms with Crippen molar-refractivity contribution < 1.29 is 8.42 Å². The Labute approximate surface area is 181 Å². The predicted molar refractivity (Wildman–Crippen MR) is 115 cm³/mol. The molecule has 0 radical (unpaired) electrons. The highest BCUT2D eigenvalue weighted by atomic mass is 35.5. The number of sulfonamides is 1. The van der Waals surface area contributed by atoms with Gasteiger partial charge < -0.3 is 10.2 Å². The summed E-state index contributed by atoms with van der Waals surface area (Å²) in [6, 6.07) is 1.84. The molecule has 0 spiro atoms. The van der Waals surface area contributed by atoms with E-state index in [1.54, 1.807) is 15.2 Å². The van der Waals surface area contributed by atoms with Gasteiger partial charge in [-0.2, -0.15) is 10.1 Å². The standard InChI is InChI=1S/C19H26ClN7O2S/c1-18-9-26(10-19(18,2)12-27(11-18)30(28,29)13-4-5-13)16-14(20)8-21-17(23-16)22-15-6-7-25(3)24-15/h6-8,13H,4-5,9-12H2,1-3H3,(H,21,22,23,24)/t18-,19+. The Bertz CT molecular complexity index is 1080. The molecule has 2 aromatic heterocycles. The van der Waals surface area contributed by atoms with Crippen LogP contribution in [-0.4, -0.2) is 63.9 Å². The lowest BCUT2D eigenvalue weighted by Gasteiger charge is -2.30. The van der Waals surface area contributed by atoms with Crippen molar-refractivity contribution in [2.24, 2.45) is 17.9 Å². The second-order valence-corrected chi connectivity index (χ2v) is 12.0. The summed E-state index contributed by atoms with van der Waals surface area (Å²) in [6.07, 6.45) is 5.02. The van der Waals surface area contributed by atoms with Crippen LogP contribution in [0.4, 0.5) is 17.6 Å². The first-order valence-electron chi connectivity index (χ1n) is 10.1. The van der Waals surface area contributed by atoms with Gasteiger partial charge in [0.25, 0.3) is 0 Å². The average molecular weight is 452 g/mol. The molecule has 2 atom stereocenters. The van der Waals surface area contributed by atoms with Crippen molar-refractivity contribution in [3.05, 3.63) is 23.5 Å². The van der Waals surface area contributed by atoms with Gasteiger partial charge in [0.05, 0.1) is 11.4 Å². The van der Waals surface area contributed by atoms with Crippen molar-refractivity contribution in [3.63, 3.8) is 0 Å². The number of nitrogens with zero attached hydrogens (tertiary/aromatic N) is 6. The van der Waals surface area contributed by atoms with Crippen LogP contribution >= 0.6 is 11.6 Å². The minimum Gasteiger partial charge on any atom is -0.354 e. The van der Waals surface area contributed by atoms with Gasteiger partial charge in [-0.05, 0) is 12.8 Å². The molecule has 5 rings (SSSR count). The van der Waals surface area contributed by atoms with Crippen molar-refractivity contribution in [3.8, 4) is 0 Å². The van der Waals surface area contributed by atoms with Gasteiger partial charge in [0.2, 0.25) is 16.0 Å². The highest BCUT2D eigenvalue weighted by molar-refractivity contribution is 7.90. The Morgan fingerprint density at radius 3 is 2.40 bits per heavy atom. The fraction of sp³-hybridized carbons (Fsp3) is 0.632. The first-order valence-corrected chi connectivity index (χ1v) is 12.0. The number of rotatable bonds is 5. The Morgan fingerprint density at radius 2 is 1.83 bits per heavy atom. The smallest absolute Gasteiger partial charge is 0.230 e. The molecule has 3 fully saturated rings. The van der Waals surface area contributed by atoms with Crippen LogP contribution in [0, 0.1) is 10.8 Å². The monoisotopic (exact) mass is 451 g/mol. The molecule has 2 aliphatic heterocycles. The van der Waals surface area contributed by atoms with E-state index < -0.39 is 10.0 Å². The van der Waals surface area contributed by atoms with Gasteiger partial charge in [-0.15, -0.1) is 0 Å². The number of anilines is 3. The molecule has 2 saturated heterocycles. The van der Waals surface area contributed by atoms with Crippen LogP contribution in [0.2, 0.25) is 5.02 Å². The van der Waals surface area contributed by atoms with Crippen LogP contribution in [0.3, 0.4) is 0 Å². The molecular formula is C19H26ClN7O2S. The molecule has 30 heavy (non-hydrogen) atoms. The maximum Gasteiger partial charge on any atom is 0.230 e. The minimum absolute atomic E-state index is 0.169. The van der Waals surface area contributed by atoms with E-state index in [0.29, 0.717) is 48.8 Å². The highest BCUT2D eigenvalue weighted by Crippen LogP contribution is 2.54. The van der Waals surface area contributed by atoms with E-state index in [9.17, 15) is 8.42 Å². The summed E-state index contributed by atoms with van der Waals surface area (Å²) in [6.45, 7) is 6.83. The van der Waals surface area contributed by atoms with Crippen molar-refractivity contribution in [2.45, 2.75) is 31.9 Å². The average Bonchev–Trinajstić information content (AvgIpc) is 3.34. The largest absolute Gasteiger partial charge is 0.354 e. The number of aromatic nitrogens is 4. The van der Waals surface area contributed by atoms with Gasteiger partial charge in [0, 0.05) is 56.3 Å².